The van der Waals surface area contributed by atoms with Gasteiger partial charge in [0.2, 0.25) is 11.9 Å². The maximum Gasteiger partial charge on any atom is 0.252 e. The van der Waals surface area contributed by atoms with Crippen LogP contribution < -0.4 is 26.0 Å². The van der Waals surface area contributed by atoms with Crippen LogP contribution in [0, 0.1) is 0 Å². The topological polar surface area (TPSA) is 117 Å². The highest BCUT2D eigenvalue weighted by atomic mass is 35.5. The number of anilines is 4. The Balaban J connectivity index is 1.70. The molecule has 0 aliphatic rings. The summed E-state index contributed by atoms with van der Waals surface area (Å²) in [6.07, 6.45) is 2.60. The summed E-state index contributed by atoms with van der Waals surface area (Å²) >= 11 is 6.18. The number of methoxy groups -OCH3 is 1. The molecule has 2 aromatic carbocycles. The Hall–Kier alpha value is -4.11. The lowest BCUT2D eigenvalue weighted by atomic mass is 10.2. The van der Waals surface area contributed by atoms with E-state index in [1.165, 1.54) is 19.4 Å². The predicted octanol–water partition coefficient (Wildman–Crippen LogP) is 3.81. The summed E-state index contributed by atoms with van der Waals surface area (Å²) in [5.74, 6) is 0.506. The summed E-state index contributed by atoms with van der Waals surface area (Å²) in [6.45, 7) is 3.54. The number of benzene rings is 2. The molecule has 1 aromatic heterocycles. The number of nitrogens with zero attached hydrogens (tertiary/aromatic N) is 2. The van der Waals surface area contributed by atoms with Crippen molar-refractivity contribution < 1.29 is 14.3 Å². The van der Waals surface area contributed by atoms with Crippen molar-refractivity contribution in [1.82, 2.24) is 15.3 Å². The molecule has 0 atom stereocenters. The maximum absolute atomic E-state index is 12.1. The van der Waals surface area contributed by atoms with E-state index in [-0.39, 0.29) is 29.5 Å². The highest BCUT2D eigenvalue weighted by Crippen LogP contribution is 2.30. The van der Waals surface area contributed by atoms with Crippen LogP contribution in [-0.4, -0.2) is 35.6 Å². The van der Waals surface area contributed by atoms with E-state index in [1.54, 1.807) is 42.5 Å². The van der Waals surface area contributed by atoms with Gasteiger partial charge in [0, 0.05) is 11.3 Å². The Bertz CT molecular complexity index is 1120. The molecule has 0 radical (unpaired) electrons. The number of aromatic nitrogens is 2. The molecule has 0 saturated carbocycles. The van der Waals surface area contributed by atoms with E-state index >= 15 is 0 Å². The van der Waals surface area contributed by atoms with Crippen LogP contribution in [0.4, 0.5) is 23.1 Å². The largest absolute Gasteiger partial charge is 0.495 e. The predicted molar refractivity (Wildman–Crippen MR) is 125 cm³/mol. The Labute approximate surface area is 189 Å². The number of carbonyl (C=O) groups is 2. The normalized spacial score (nSPS) is 10.1. The molecule has 3 aromatic rings. The van der Waals surface area contributed by atoms with Crippen LogP contribution in [-0.2, 0) is 4.79 Å². The van der Waals surface area contributed by atoms with Crippen molar-refractivity contribution >= 4 is 46.6 Å². The molecular weight excluding hydrogens is 432 g/mol. The average molecular weight is 453 g/mol. The van der Waals surface area contributed by atoms with Crippen molar-refractivity contribution in [3.63, 3.8) is 0 Å². The van der Waals surface area contributed by atoms with Crippen LogP contribution in [0.1, 0.15) is 10.4 Å². The van der Waals surface area contributed by atoms with Crippen LogP contribution in [0.3, 0.4) is 0 Å². The van der Waals surface area contributed by atoms with Gasteiger partial charge in [0.1, 0.15) is 10.8 Å². The molecule has 32 heavy (non-hydrogen) atoms. The van der Waals surface area contributed by atoms with Gasteiger partial charge in [-0.1, -0.05) is 36.4 Å². The quantitative estimate of drug-likeness (QED) is 0.288. The lowest BCUT2D eigenvalue weighted by Gasteiger charge is -2.14. The van der Waals surface area contributed by atoms with E-state index < -0.39 is 0 Å². The van der Waals surface area contributed by atoms with Gasteiger partial charge in [0.05, 0.1) is 25.7 Å². The molecule has 1 heterocycles. The molecule has 10 heteroatoms. The van der Waals surface area contributed by atoms with Gasteiger partial charge in [-0.3, -0.25) is 9.59 Å². The zero-order chi connectivity index (χ0) is 22.9. The minimum Gasteiger partial charge on any atom is -0.495 e. The molecule has 0 spiro atoms. The van der Waals surface area contributed by atoms with Crippen LogP contribution >= 0.6 is 11.6 Å². The first-order chi connectivity index (χ1) is 15.5. The third-order valence-electron chi connectivity index (χ3n) is 4.18. The smallest absolute Gasteiger partial charge is 0.252 e. The number of hydrogen-bond acceptors (Lipinski definition) is 7. The molecule has 0 aliphatic heterocycles. The van der Waals surface area contributed by atoms with Crippen LogP contribution in [0.2, 0.25) is 5.02 Å². The van der Waals surface area contributed by atoms with Crippen LogP contribution in [0.15, 0.2) is 67.4 Å². The molecule has 2 amide bonds. The Kier molecular flexibility index (Phi) is 7.60. The Morgan fingerprint density at radius 1 is 1.19 bits per heavy atom. The summed E-state index contributed by atoms with van der Waals surface area (Å²) in [7, 11) is 1.52. The summed E-state index contributed by atoms with van der Waals surface area (Å²) in [4.78, 5) is 32.2. The van der Waals surface area contributed by atoms with Gasteiger partial charge in [-0.15, -0.1) is 0 Å². The molecule has 164 valence electrons. The van der Waals surface area contributed by atoms with Crippen molar-refractivity contribution in [3.8, 4) is 5.75 Å². The maximum atomic E-state index is 12.1. The van der Waals surface area contributed by atoms with Crippen molar-refractivity contribution in [1.29, 1.82) is 0 Å². The summed E-state index contributed by atoms with van der Waals surface area (Å²) in [5.41, 5.74) is 1.61. The van der Waals surface area contributed by atoms with E-state index in [1.807, 2.05) is 6.07 Å². The van der Waals surface area contributed by atoms with Gasteiger partial charge in [-0.05, 0) is 36.4 Å². The number of halogens is 1. The van der Waals surface area contributed by atoms with Gasteiger partial charge in [0.25, 0.3) is 5.91 Å². The number of rotatable bonds is 9. The molecule has 0 unspecified atom stereocenters. The lowest BCUT2D eigenvalue weighted by molar-refractivity contribution is -0.111. The first-order valence-electron chi connectivity index (χ1n) is 9.48. The van der Waals surface area contributed by atoms with Crippen LogP contribution in [0.5, 0.6) is 5.75 Å². The monoisotopic (exact) mass is 452 g/mol. The third kappa shape index (κ3) is 5.96. The van der Waals surface area contributed by atoms with E-state index in [0.717, 1.165) is 0 Å². The first-order valence-corrected chi connectivity index (χ1v) is 9.86. The number of ether oxygens (including phenoxy) is 1. The van der Waals surface area contributed by atoms with Crippen LogP contribution in [0.25, 0.3) is 0 Å². The standard InChI is InChI=1S/C22H21ClN6O3/c1-3-19(30)27-15-9-10-18(32-2)17(11-15)28-22-24-12-16(23)20(29-22)25-13-26-21(31)14-7-5-4-6-8-14/h3-12H,1,13H2,2H3,(H,26,31)(H,27,30)(H2,24,25,28,29). The fraction of sp³-hybridized carbons (Fsp3) is 0.0909. The second-order valence-electron chi connectivity index (χ2n) is 6.35. The third-order valence-corrected chi connectivity index (χ3v) is 4.46. The first kappa shape index (κ1) is 22.6. The van der Waals surface area contributed by atoms with Gasteiger partial charge >= 0.3 is 0 Å². The SMILES string of the molecule is C=CC(=O)Nc1ccc(OC)c(Nc2ncc(Cl)c(NCNC(=O)c3ccccc3)n2)c1. The Morgan fingerprint density at radius 3 is 2.69 bits per heavy atom. The molecule has 9 nitrogen and oxygen atoms in total. The minimum atomic E-state index is -0.340. The lowest BCUT2D eigenvalue weighted by Crippen LogP contribution is -2.29. The molecule has 0 fully saturated rings. The fourth-order valence-electron chi connectivity index (χ4n) is 2.65. The molecule has 0 bridgehead atoms. The van der Waals surface area contributed by atoms with E-state index in [9.17, 15) is 9.59 Å². The van der Waals surface area contributed by atoms with Crippen molar-refractivity contribution in [2.24, 2.45) is 0 Å². The summed E-state index contributed by atoms with van der Waals surface area (Å²) in [5, 5.41) is 11.7. The highest BCUT2D eigenvalue weighted by molar-refractivity contribution is 6.32. The van der Waals surface area contributed by atoms with E-state index in [4.69, 9.17) is 16.3 Å². The van der Waals surface area contributed by atoms with Gasteiger partial charge in [-0.2, -0.15) is 4.98 Å². The number of nitrogens with one attached hydrogen (secondary N) is 4. The van der Waals surface area contributed by atoms with E-state index in [2.05, 4.69) is 37.8 Å². The highest BCUT2D eigenvalue weighted by Gasteiger charge is 2.11. The number of carbonyl (C=O) groups excluding carboxylic acids is 2. The molecule has 4 N–H and O–H groups in total. The van der Waals surface area contributed by atoms with E-state index in [0.29, 0.717) is 28.5 Å². The van der Waals surface area contributed by atoms with Gasteiger partial charge in [0.15, 0.2) is 5.82 Å². The summed E-state index contributed by atoms with van der Waals surface area (Å²) < 4.78 is 5.35. The minimum absolute atomic E-state index is 0.107. The van der Waals surface area contributed by atoms with Gasteiger partial charge < -0.3 is 26.0 Å². The summed E-state index contributed by atoms with van der Waals surface area (Å²) in [6, 6.07) is 13.9. The van der Waals surface area contributed by atoms with Crippen molar-refractivity contribution in [3.05, 3.63) is 78.0 Å². The Morgan fingerprint density at radius 2 is 1.97 bits per heavy atom. The zero-order valence-corrected chi connectivity index (χ0v) is 17.9. The second kappa shape index (κ2) is 10.8. The fourth-order valence-corrected chi connectivity index (χ4v) is 2.81. The molecule has 0 saturated heterocycles. The zero-order valence-electron chi connectivity index (χ0n) is 17.2. The molecule has 0 aliphatic carbocycles. The molecule has 3 rings (SSSR count). The average Bonchev–Trinajstić information content (AvgIpc) is 2.81. The number of hydrogen-bond donors (Lipinski definition) is 4. The van der Waals surface area contributed by atoms with Crippen molar-refractivity contribution in [2.45, 2.75) is 0 Å². The second-order valence-corrected chi connectivity index (χ2v) is 6.76. The molecular formula is C22H21ClN6O3. The number of amides is 2. The van der Waals surface area contributed by atoms with Crippen molar-refractivity contribution in [2.75, 3.05) is 29.7 Å². The van der Waals surface area contributed by atoms with Gasteiger partial charge in [-0.25, -0.2) is 4.98 Å².